The van der Waals surface area contributed by atoms with Gasteiger partial charge in [0, 0.05) is 20.3 Å². The molecule has 1 fully saturated rings. The standard InChI is InChI=1S/C16H22FNO3/c1-21-10-9-16(7-2-8-16)15(20)18-11-14(19)12-3-5-13(17)6-4-12/h3-6,14,19H,2,7-11H2,1H3,(H,18,20). The van der Waals surface area contributed by atoms with Crippen molar-refractivity contribution < 1.29 is 19.0 Å². The second-order valence-electron chi connectivity index (χ2n) is 5.65. The van der Waals surface area contributed by atoms with Crippen molar-refractivity contribution in [2.24, 2.45) is 5.41 Å². The van der Waals surface area contributed by atoms with E-state index in [0.717, 1.165) is 19.3 Å². The van der Waals surface area contributed by atoms with Crippen molar-refractivity contribution in [3.63, 3.8) is 0 Å². The van der Waals surface area contributed by atoms with Gasteiger partial charge in [-0.25, -0.2) is 4.39 Å². The van der Waals surface area contributed by atoms with Crippen molar-refractivity contribution in [2.75, 3.05) is 20.3 Å². The first-order valence-electron chi connectivity index (χ1n) is 7.28. The maximum atomic E-state index is 12.8. The third-order valence-corrected chi connectivity index (χ3v) is 4.29. The van der Waals surface area contributed by atoms with Gasteiger partial charge in [0.1, 0.15) is 5.82 Å². The Hall–Kier alpha value is -1.46. The van der Waals surface area contributed by atoms with Gasteiger partial charge in [0.25, 0.3) is 0 Å². The fourth-order valence-electron chi connectivity index (χ4n) is 2.67. The van der Waals surface area contributed by atoms with E-state index in [1.807, 2.05) is 0 Å². The fourth-order valence-corrected chi connectivity index (χ4v) is 2.67. The zero-order valence-electron chi connectivity index (χ0n) is 12.3. The van der Waals surface area contributed by atoms with E-state index in [-0.39, 0.29) is 23.7 Å². The minimum Gasteiger partial charge on any atom is -0.387 e. The highest BCUT2D eigenvalue weighted by Crippen LogP contribution is 2.44. The molecule has 2 N–H and O–H groups in total. The number of ether oxygens (including phenoxy) is 1. The number of benzene rings is 1. The van der Waals surface area contributed by atoms with Crippen molar-refractivity contribution >= 4 is 5.91 Å². The normalized spacial score (nSPS) is 17.9. The lowest BCUT2D eigenvalue weighted by Gasteiger charge is -2.40. The topological polar surface area (TPSA) is 58.6 Å². The number of halogens is 1. The fraction of sp³-hybridized carbons (Fsp3) is 0.562. The first-order chi connectivity index (χ1) is 10.1. The van der Waals surface area contributed by atoms with Crippen LogP contribution in [0.4, 0.5) is 4.39 Å². The zero-order chi connectivity index (χ0) is 15.3. The van der Waals surface area contributed by atoms with E-state index >= 15 is 0 Å². The Balaban J connectivity index is 1.86. The van der Waals surface area contributed by atoms with Crippen LogP contribution in [0.2, 0.25) is 0 Å². The number of aliphatic hydroxyl groups excluding tert-OH is 1. The van der Waals surface area contributed by atoms with E-state index in [1.165, 1.54) is 24.3 Å². The summed E-state index contributed by atoms with van der Waals surface area (Å²) in [4.78, 5) is 12.3. The molecule has 116 valence electrons. The Labute approximate surface area is 124 Å². The van der Waals surface area contributed by atoms with Crippen LogP contribution in [0.25, 0.3) is 0 Å². The van der Waals surface area contributed by atoms with Gasteiger partial charge in [-0.05, 0) is 37.0 Å². The summed E-state index contributed by atoms with van der Waals surface area (Å²) in [7, 11) is 1.63. The SMILES string of the molecule is COCCC1(C(=O)NCC(O)c2ccc(F)cc2)CCC1. The molecule has 4 nitrogen and oxygen atoms in total. The van der Waals surface area contributed by atoms with Gasteiger partial charge in [0.15, 0.2) is 0 Å². The molecule has 0 heterocycles. The lowest BCUT2D eigenvalue weighted by molar-refractivity contribution is -0.138. The molecule has 1 amide bonds. The first-order valence-corrected chi connectivity index (χ1v) is 7.28. The molecule has 1 unspecified atom stereocenters. The zero-order valence-corrected chi connectivity index (χ0v) is 12.3. The van der Waals surface area contributed by atoms with Crippen molar-refractivity contribution in [1.82, 2.24) is 5.32 Å². The summed E-state index contributed by atoms with van der Waals surface area (Å²) in [6.45, 7) is 0.702. The summed E-state index contributed by atoms with van der Waals surface area (Å²) in [6.07, 6.45) is 2.68. The summed E-state index contributed by atoms with van der Waals surface area (Å²) in [6, 6.07) is 5.64. The molecular weight excluding hydrogens is 273 g/mol. The van der Waals surface area contributed by atoms with Crippen LogP contribution >= 0.6 is 0 Å². The molecule has 0 aromatic heterocycles. The molecule has 1 aromatic carbocycles. The van der Waals surface area contributed by atoms with Crippen LogP contribution < -0.4 is 5.32 Å². The van der Waals surface area contributed by atoms with Crippen LogP contribution in [0, 0.1) is 11.2 Å². The number of nitrogens with one attached hydrogen (secondary N) is 1. The van der Waals surface area contributed by atoms with Crippen LogP contribution in [0.3, 0.4) is 0 Å². The summed E-state index contributed by atoms with van der Waals surface area (Å²) in [5.41, 5.74) is 0.259. The molecule has 0 saturated heterocycles. The van der Waals surface area contributed by atoms with E-state index < -0.39 is 6.10 Å². The average Bonchev–Trinajstić information content (AvgIpc) is 2.44. The Morgan fingerprint density at radius 1 is 1.43 bits per heavy atom. The van der Waals surface area contributed by atoms with Crippen LogP contribution in [-0.4, -0.2) is 31.3 Å². The summed E-state index contributed by atoms with van der Waals surface area (Å²) in [5.74, 6) is -0.366. The van der Waals surface area contributed by atoms with Gasteiger partial charge >= 0.3 is 0 Å². The number of rotatable bonds is 7. The summed E-state index contributed by atoms with van der Waals surface area (Å²) < 4.78 is 17.9. The number of aliphatic hydroxyl groups is 1. The number of hydrogen-bond donors (Lipinski definition) is 2. The van der Waals surface area contributed by atoms with Crippen molar-refractivity contribution in [3.05, 3.63) is 35.6 Å². The number of carbonyl (C=O) groups excluding carboxylic acids is 1. The molecule has 21 heavy (non-hydrogen) atoms. The highest BCUT2D eigenvalue weighted by atomic mass is 19.1. The van der Waals surface area contributed by atoms with Crippen molar-refractivity contribution in [2.45, 2.75) is 31.8 Å². The quantitative estimate of drug-likeness (QED) is 0.810. The molecule has 2 rings (SSSR count). The number of amides is 1. The van der Waals surface area contributed by atoms with Crippen molar-refractivity contribution in [1.29, 1.82) is 0 Å². The van der Waals surface area contributed by atoms with Gasteiger partial charge in [0.05, 0.1) is 11.5 Å². The van der Waals surface area contributed by atoms with Gasteiger partial charge in [0.2, 0.25) is 5.91 Å². The lowest BCUT2D eigenvalue weighted by atomic mass is 9.66. The monoisotopic (exact) mass is 295 g/mol. The molecule has 1 aromatic rings. The van der Waals surface area contributed by atoms with Gasteiger partial charge in [-0.2, -0.15) is 0 Å². The highest BCUT2D eigenvalue weighted by molar-refractivity contribution is 5.83. The smallest absolute Gasteiger partial charge is 0.226 e. The Bertz CT molecular complexity index is 471. The van der Waals surface area contributed by atoms with Crippen LogP contribution in [0.15, 0.2) is 24.3 Å². The van der Waals surface area contributed by atoms with Gasteiger partial charge in [-0.1, -0.05) is 18.6 Å². The van der Waals surface area contributed by atoms with Gasteiger partial charge in [-0.15, -0.1) is 0 Å². The van der Waals surface area contributed by atoms with Gasteiger partial charge < -0.3 is 15.2 Å². The Morgan fingerprint density at radius 2 is 2.10 bits per heavy atom. The van der Waals surface area contributed by atoms with Crippen LogP contribution in [-0.2, 0) is 9.53 Å². The minimum atomic E-state index is -0.825. The third kappa shape index (κ3) is 3.80. The van der Waals surface area contributed by atoms with Crippen LogP contribution in [0.1, 0.15) is 37.4 Å². The largest absolute Gasteiger partial charge is 0.387 e. The maximum absolute atomic E-state index is 12.8. The number of carbonyl (C=O) groups is 1. The summed E-state index contributed by atoms with van der Waals surface area (Å²) in [5, 5.41) is 12.8. The maximum Gasteiger partial charge on any atom is 0.226 e. The molecular formula is C16H22FNO3. The molecule has 1 saturated carbocycles. The van der Waals surface area contributed by atoms with E-state index in [9.17, 15) is 14.3 Å². The van der Waals surface area contributed by atoms with Crippen LogP contribution in [0.5, 0.6) is 0 Å². The Kier molecular flexibility index (Phi) is 5.31. The van der Waals surface area contributed by atoms with E-state index in [2.05, 4.69) is 5.32 Å². The molecule has 0 radical (unpaired) electrons. The highest BCUT2D eigenvalue weighted by Gasteiger charge is 2.43. The number of methoxy groups -OCH3 is 1. The predicted molar refractivity (Wildman–Crippen MR) is 77.1 cm³/mol. The molecule has 0 bridgehead atoms. The van der Waals surface area contributed by atoms with E-state index in [0.29, 0.717) is 18.6 Å². The second-order valence-corrected chi connectivity index (χ2v) is 5.65. The molecule has 0 spiro atoms. The second kappa shape index (κ2) is 7.00. The average molecular weight is 295 g/mol. The van der Waals surface area contributed by atoms with Gasteiger partial charge in [-0.3, -0.25) is 4.79 Å². The lowest BCUT2D eigenvalue weighted by Crippen LogP contribution is -2.47. The Morgan fingerprint density at radius 3 is 2.62 bits per heavy atom. The number of hydrogen-bond acceptors (Lipinski definition) is 3. The van der Waals surface area contributed by atoms with Crippen molar-refractivity contribution in [3.8, 4) is 0 Å². The summed E-state index contributed by atoms with van der Waals surface area (Å²) >= 11 is 0. The first kappa shape index (κ1) is 15.9. The van der Waals surface area contributed by atoms with E-state index in [1.54, 1.807) is 7.11 Å². The third-order valence-electron chi connectivity index (χ3n) is 4.29. The predicted octanol–water partition coefficient (Wildman–Crippen LogP) is 2.18. The molecule has 1 aliphatic rings. The van der Waals surface area contributed by atoms with E-state index in [4.69, 9.17) is 4.74 Å². The minimum absolute atomic E-state index is 0.0213. The molecule has 1 aliphatic carbocycles. The molecule has 5 heteroatoms. The molecule has 1 atom stereocenters. The molecule has 0 aliphatic heterocycles.